The molecule has 3 fully saturated rings. The van der Waals surface area contributed by atoms with Crippen LogP contribution in [0.3, 0.4) is 0 Å². The molecule has 2 heterocycles. The Hall–Kier alpha value is -2.95. The van der Waals surface area contributed by atoms with Gasteiger partial charge in [0, 0.05) is 43.9 Å². The van der Waals surface area contributed by atoms with E-state index in [2.05, 4.69) is 15.5 Å². The van der Waals surface area contributed by atoms with Gasteiger partial charge in [-0.05, 0) is 38.6 Å². The number of fused-ring (bicyclic) bond motifs is 1. The Morgan fingerprint density at radius 2 is 1.84 bits per heavy atom. The van der Waals surface area contributed by atoms with E-state index in [0.29, 0.717) is 18.8 Å². The fourth-order valence-electron chi connectivity index (χ4n) is 5.58. The summed E-state index contributed by atoms with van der Waals surface area (Å²) in [6.07, 6.45) is -1.43. The van der Waals surface area contributed by atoms with Gasteiger partial charge in [0.2, 0.25) is 0 Å². The van der Waals surface area contributed by atoms with E-state index < -0.39 is 46.8 Å². The second-order valence-electron chi connectivity index (χ2n) is 10.7. The van der Waals surface area contributed by atoms with Gasteiger partial charge in [0.05, 0.1) is 22.9 Å². The van der Waals surface area contributed by atoms with E-state index in [1.54, 1.807) is 0 Å². The number of nitrogens with zero attached hydrogens (tertiary/aromatic N) is 2. The smallest absolute Gasteiger partial charge is 0.273 e. The molecule has 1 aromatic carbocycles. The van der Waals surface area contributed by atoms with Crippen molar-refractivity contribution >= 4 is 11.6 Å². The van der Waals surface area contributed by atoms with Gasteiger partial charge in [0.15, 0.2) is 0 Å². The number of hydrogen-bond donors (Lipinski definition) is 2. The largest absolute Gasteiger partial charge is 0.381 e. The topological polar surface area (TPSA) is 66.4 Å². The van der Waals surface area contributed by atoms with Crippen molar-refractivity contribution in [3.05, 3.63) is 63.3 Å². The van der Waals surface area contributed by atoms with Crippen LogP contribution < -0.4 is 16.2 Å². The Morgan fingerprint density at radius 3 is 2.41 bits per heavy atom. The van der Waals surface area contributed by atoms with Gasteiger partial charge in [0.1, 0.15) is 11.4 Å². The number of rotatable bonds is 8. The average molecular weight is 525 g/mol. The average Bonchev–Trinajstić information content (AvgIpc) is 3.69. The van der Waals surface area contributed by atoms with Crippen LogP contribution in [0, 0.1) is 17.7 Å². The number of amides is 1. The van der Waals surface area contributed by atoms with Gasteiger partial charge < -0.3 is 20.1 Å². The Balaban J connectivity index is 1.46. The molecule has 200 valence electrons. The number of benzene rings is 1. The molecule has 5 rings (SSSR count). The Bertz CT molecular complexity index is 1270. The molecule has 0 spiro atoms. The van der Waals surface area contributed by atoms with Crippen molar-refractivity contribution in [3.8, 4) is 0 Å². The van der Waals surface area contributed by atoms with Crippen LogP contribution in [0.5, 0.6) is 0 Å². The van der Waals surface area contributed by atoms with Crippen LogP contribution in [-0.4, -0.2) is 48.0 Å². The number of likely N-dealkylation sites (tertiary alicyclic amines) is 1. The zero-order valence-electron chi connectivity index (χ0n) is 20.7. The minimum absolute atomic E-state index is 0.0333. The maximum absolute atomic E-state index is 14.9. The van der Waals surface area contributed by atoms with E-state index in [-0.39, 0.29) is 35.7 Å². The number of pyridine rings is 1. The van der Waals surface area contributed by atoms with E-state index in [1.807, 2.05) is 7.05 Å². The number of carbonyl (C=O) groups is 1. The first-order valence-electron chi connectivity index (χ1n) is 12.3. The summed E-state index contributed by atoms with van der Waals surface area (Å²) in [7, 11) is 2.01. The molecule has 4 atom stereocenters. The van der Waals surface area contributed by atoms with Gasteiger partial charge in [-0.3, -0.25) is 9.59 Å². The summed E-state index contributed by atoms with van der Waals surface area (Å²) in [6.45, 7) is 3.76. The van der Waals surface area contributed by atoms with E-state index >= 15 is 0 Å². The van der Waals surface area contributed by atoms with Crippen molar-refractivity contribution in [2.75, 3.05) is 25.5 Å². The highest BCUT2D eigenvalue weighted by Crippen LogP contribution is 2.49. The molecule has 2 aromatic rings. The first kappa shape index (κ1) is 25.7. The van der Waals surface area contributed by atoms with Crippen LogP contribution >= 0.6 is 0 Å². The summed E-state index contributed by atoms with van der Waals surface area (Å²) in [6, 6.07) is 3.76. The second kappa shape index (κ2) is 8.82. The minimum Gasteiger partial charge on any atom is -0.381 e. The highest BCUT2D eigenvalue weighted by molar-refractivity contribution is 5.99. The highest BCUT2D eigenvalue weighted by atomic mass is 19.3. The van der Waals surface area contributed by atoms with Crippen LogP contribution in [0.4, 0.5) is 27.6 Å². The van der Waals surface area contributed by atoms with Crippen molar-refractivity contribution in [2.24, 2.45) is 11.8 Å². The van der Waals surface area contributed by atoms with E-state index in [0.717, 1.165) is 29.9 Å². The van der Waals surface area contributed by atoms with Gasteiger partial charge >= 0.3 is 0 Å². The molecule has 0 radical (unpaired) electrons. The summed E-state index contributed by atoms with van der Waals surface area (Å²) in [5.74, 6) is -4.57. The van der Waals surface area contributed by atoms with Crippen molar-refractivity contribution in [2.45, 2.75) is 56.7 Å². The molecule has 2 aliphatic carbocycles. The molecule has 6 nitrogen and oxygen atoms in total. The Labute approximate surface area is 210 Å². The van der Waals surface area contributed by atoms with Crippen molar-refractivity contribution < 1.29 is 26.7 Å². The van der Waals surface area contributed by atoms with Crippen molar-refractivity contribution in [3.63, 3.8) is 0 Å². The lowest BCUT2D eigenvalue weighted by atomic mass is 10.0. The summed E-state index contributed by atoms with van der Waals surface area (Å²) in [5.41, 5.74) is -3.04. The molecule has 2 saturated carbocycles. The van der Waals surface area contributed by atoms with Crippen molar-refractivity contribution in [1.29, 1.82) is 0 Å². The monoisotopic (exact) mass is 524 g/mol. The third-order valence-electron chi connectivity index (χ3n) is 7.96. The summed E-state index contributed by atoms with van der Waals surface area (Å²) < 4.78 is 71.1. The number of halogens is 5. The molecular weight excluding hydrogens is 495 g/mol. The third-order valence-corrected chi connectivity index (χ3v) is 7.96. The van der Waals surface area contributed by atoms with Gasteiger partial charge in [-0.15, -0.1) is 0 Å². The fourth-order valence-corrected chi connectivity index (χ4v) is 5.58. The molecule has 1 aromatic heterocycles. The normalized spacial score (nSPS) is 25.1. The molecule has 37 heavy (non-hydrogen) atoms. The Kier molecular flexibility index (Phi) is 6.12. The standard InChI is InChI=1S/C26H29F5N4O2/c1-13(14-5-4-6-18(21(14)27)25(2,30)31)32-23(37)17-12-35(26(7-8-26)24(28)29)20(36)9-19(17)33-22-15-10-34(3)11-16(15)22/h4-6,9,12-13,15-16,22,24,33H,7-8,10-11H2,1-3H3,(H,32,37)/t13-,15-,16+,22-/m1/s1. The highest BCUT2D eigenvalue weighted by Gasteiger charge is 2.56. The quantitative estimate of drug-likeness (QED) is 0.505. The number of aromatic nitrogens is 1. The fraction of sp³-hybridized carbons (Fsp3) is 0.538. The first-order chi connectivity index (χ1) is 17.3. The van der Waals surface area contributed by atoms with Crippen molar-refractivity contribution in [1.82, 2.24) is 14.8 Å². The molecule has 1 amide bonds. The molecule has 11 heteroatoms. The van der Waals surface area contributed by atoms with Gasteiger partial charge in [0.25, 0.3) is 23.8 Å². The lowest BCUT2D eigenvalue weighted by Crippen LogP contribution is -2.37. The molecule has 3 aliphatic rings. The summed E-state index contributed by atoms with van der Waals surface area (Å²) >= 11 is 0. The predicted octanol–water partition coefficient (Wildman–Crippen LogP) is 4.32. The van der Waals surface area contributed by atoms with E-state index in [4.69, 9.17) is 0 Å². The number of alkyl halides is 4. The maximum atomic E-state index is 14.9. The number of anilines is 1. The minimum atomic E-state index is -3.42. The summed E-state index contributed by atoms with van der Waals surface area (Å²) in [5, 5.41) is 5.85. The Morgan fingerprint density at radius 1 is 1.19 bits per heavy atom. The SMILES string of the molecule is C[C@@H](NC(=O)c1cn(C2(C(F)F)CC2)c(=O)cc1N[C@@H]1[C@@H]2CN(C)C[C@@H]21)c1cccc(C(C)(F)F)c1F. The zero-order chi connectivity index (χ0) is 26.9. The molecule has 1 saturated heterocycles. The van der Waals surface area contributed by atoms with Gasteiger partial charge in [-0.1, -0.05) is 18.2 Å². The van der Waals surface area contributed by atoms with Crippen LogP contribution in [0.15, 0.2) is 35.3 Å². The zero-order valence-corrected chi connectivity index (χ0v) is 20.7. The number of carbonyl (C=O) groups excluding carboxylic acids is 1. The number of piperidine rings is 1. The predicted molar refractivity (Wildman–Crippen MR) is 128 cm³/mol. The van der Waals surface area contributed by atoms with Crippen LogP contribution in [0.25, 0.3) is 0 Å². The van der Waals surface area contributed by atoms with E-state index in [1.165, 1.54) is 25.1 Å². The lowest BCUT2D eigenvalue weighted by Gasteiger charge is -2.23. The molecular formula is C26H29F5N4O2. The number of hydrogen-bond acceptors (Lipinski definition) is 4. The molecule has 0 bridgehead atoms. The third kappa shape index (κ3) is 4.51. The maximum Gasteiger partial charge on any atom is 0.273 e. The number of nitrogens with one attached hydrogen (secondary N) is 2. The van der Waals surface area contributed by atoms with Crippen LogP contribution in [0.1, 0.15) is 54.2 Å². The molecule has 1 aliphatic heterocycles. The lowest BCUT2D eigenvalue weighted by molar-refractivity contribution is 0.0135. The first-order valence-corrected chi connectivity index (χ1v) is 12.3. The van der Waals surface area contributed by atoms with E-state index in [9.17, 15) is 31.5 Å². The van der Waals surface area contributed by atoms with Crippen LogP contribution in [0.2, 0.25) is 0 Å². The second-order valence-corrected chi connectivity index (χ2v) is 10.7. The van der Waals surface area contributed by atoms with Gasteiger partial charge in [-0.25, -0.2) is 22.0 Å². The summed E-state index contributed by atoms with van der Waals surface area (Å²) in [4.78, 5) is 28.4. The van der Waals surface area contributed by atoms with Gasteiger partial charge in [-0.2, -0.15) is 0 Å². The molecule has 2 N–H and O–H groups in total. The van der Waals surface area contributed by atoms with Crippen LogP contribution in [-0.2, 0) is 11.5 Å². The molecule has 0 unspecified atom stereocenters.